The van der Waals surface area contributed by atoms with E-state index in [4.69, 9.17) is 4.99 Å². The molecule has 3 aliphatic rings. The summed E-state index contributed by atoms with van der Waals surface area (Å²) >= 11 is 0. The lowest BCUT2D eigenvalue weighted by atomic mass is 9.79. The number of aliphatic imine (C=N–C) groups is 1. The molecule has 1 spiro atoms. The second-order valence-electron chi connectivity index (χ2n) is 8.47. The van der Waals surface area contributed by atoms with Crippen LogP contribution in [0.5, 0.6) is 0 Å². The maximum atomic E-state index is 11.8. The number of rotatable bonds is 4. The van der Waals surface area contributed by atoms with Crippen molar-refractivity contribution in [1.29, 1.82) is 0 Å². The van der Waals surface area contributed by atoms with Gasteiger partial charge in [0.05, 0.1) is 6.54 Å². The van der Waals surface area contributed by atoms with Crippen LogP contribution in [-0.4, -0.2) is 74.0 Å². The third kappa shape index (κ3) is 4.64. The van der Waals surface area contributed by atoms with Crippen LogP contribution in [0.4, 0.5) is 0 Å². The molecule has 3 fully saturated rings. The van der Waals surface area contributed by atoms with Crippen LogP contribution in [0.1, 0.15) is 51.9 Å². The first-order valence-electron chi connectivity index (χ1n) is 9.96. The van der Waals surface area contributed by atoms with E-state index in [1.807, 2.05) is 0 Å². The minimum absolute atomic E-state index is 0. The Morgan fingerprint density at radius 1 is 1.27 bits per heavy atom. The van der Waals surface area contributed by atoms with Crippen molar-refractivity contribution in [2.75, 3.05) is 46.8 Å². The van der Waals surface area contributed by atoms with Gasteiger partial charge in [-0.15, -0.1) is 24.0 Å². The zero-order valence-electron chi connectivity index (χ0n) is 16.6. The Bertz CT molecular complexity index is 518. The molecule has 0 aromatic heterocycles. The van der Waals surface area contributed by atoms with E-state index < -0.39 is 0 Å². The standard InChI is InChI=1S/C19H35N5O.HI/c1-4-20-17(22-14-19(23(2)3)9-5-6-10-19)24-11-7-8-18(15-24)12-16(25)21-13-18;/h4-15H2,1-3H3,(H,20,22)(H,21,25);1H. The SMILES string of the molecule is CCNC(=NCC1(N(C)C)CCCC1)N1CCCC2(CNC(=O)C2)C1.I. The Morgan fingerprint density at radius 2 is 2.00 bits per heavy atom. The van der Waals surface area contributed by atoms with E-state index in [0.717, 1.165) is 51.5 Å². The minimum atomic E-state index is 0. The van der Waals surface area contributed by atoms with Crippen LogP contribution >= 0.6 is 24.0 Å². The van der Waals surface area contributed by atoms with Crippen LogP contribution in [0, 0.1) is 5.41 Å². The number of carbonyl (C=O) groups excluding carboxylic acids is 1. The van der Waals surface area contributed by atoms with Crippen LogP contribution in [0.2, 0.25) is 0 Å². The molecule has 2 heterocycles. The van der Waals surface area contributed by atoms with Crippen molar-refractivity contribution >= 4 is 35.8 Å². The number of halogens is 1. The Kier molecular flexibility index (Phi) is 7.59. The van der Waals surface area contributed by atoms with Gasteiger partial charge in [0, 0.05) is 43.6 Å². The molecule has 2 saturated heterocycles. The summed E-state index contributed by atoms with van der Waals surface area (Å²) in [5.74, 6) is 1.25. The molecule has 1 saturated carbocycles. The fourth-order valence-corrected chi connectivity index (χ4v) is 4.86. The van der Waals surface area contributed by atoms with E-state index in [2.05, 4.69) is 41.5 Å². The predicted octanol–water partition coefficient (Wildman–Crippen LogP) is 2.05. The summed E-state index contributed by atoms with van der Waals surface area (Å²) in [6.07, 6.45) is 8.05. The van der Waals surface area contributed by atoms with Gasteiger partial charge in [-0.25, -0.2) is 0 Å². The van der Waals surface area contributed by atoms with Gasteiger partial charge in [-0.3, -0.25) is 9.79 Å². The summed E-state index contributed by atoms with van der Waals surface area (Å²) in [7, 11) is 4.39. The summed E-state index contributed by atoms with van der Waals surface area (Å²) in [6, 6.07) is 0. The lowest BCUT2D eigenvalue weighted by Gasteiger charge is -2.41. The highest BCUT2D eigenvalue weighted by Gasteiger charge is 2.42. The van der Waals surface area contributed by atoms with E-state index in [0.29, 0.717) is 6.42 Å². The molecule has 1 aliphatic carbocycles. The van der Waals surface area contributed by atoms with E-state index in [1.165, 1.54) is 25.7 Å². The zero-order valence-corrected chi connectivity index (χ0v) is 19.0. The molecular weight excluding hydrogens is 441 g/mol. The topological polar surface area (TPSA) is 60.0 Å². The average Bonchev–Trinajstić information content (AvgIpc) is 3.20. The maximum absolute atomic E-state index is 11.8. The molecule has 2 aliphatic heterocycles. The molecule has 3 rings (SSSR count). The number of likely N-dealkylation sites (tertiary alicyclic amines) is 1. The number of likely N-dealkylation sites (N-methyl/N-ethyl adjacent to an activating group) is 1. The molecule has 6 nitrogen and oxygen atoms in total. The van der Waals surface area contributed by atoms with Gasteiger partial charge < -0.3 is 20.4 Å². The van der Waals surface area contributed by atoms with Crippen molar-refractivity contribution in [3.05, 3.63) is 0 Å². The van der Waals surface area contributed by atoms with Crippen LogP contribution in [-0.2, 0) is 4.79 Å². The molecule has 0 bridgehead atoms. The zero-order chi connectivity index (χ0) is 17.9. The molecule has 0 aromatic carbocycles. The minimum Gasteiger partial charge on any atom is -0.357 e. The normalized spacial score (nSPS) is 28.4. The molecule has 1 atom stereocenters. The monoisotopic (exact) mass is 477 g/mol. The van der Waals surface area contributed by atoms with Crippen molar-refractivity contribution in [2.45, 2.75) is 57.4 Å². The van der Waals surface area contributed by atoms with Gasteiger partial charge in [-0.2, -0.15) is 0 Å². The largest absolute Gasteiger partial charge is 0.357 e. The van der Waals surface area contributed by atoms with Crippen molar-refractivity contribution in [2.24, 2.45) is 10.4 Å². The van der Waals surface area contributed by atoms with Crippen LogP contribution < -0.4 is 10.6 Å². The van der Waals surface area contributed by atoms with E-state index in [-0.39, 0.29) is 40.8 Å². The molecule has 1 amide bonds. The first-order valence-corrected chi connectivity index (χ1v) is 9.96. The van der Waals surface area contributed by atoms with Crippen molar-refractivity contribution < 1.29 is 4.79 Å². The number of nitrogens with zero attached hydrogens (tertiary/aromatic N) is 3. The summed E-state index contributed by atoms with van der Waals surface area (Å²) in [6.45, 7) is 6.68. The molecule has 0 aromatic rings. The Morgan fingerprint density at radius 3 is 2.58 bits per heavy atom. The number of guanidine groups is 1. The Balaban J connectivity index is 0.00000243. The van der Waals surface area contributed by atoms with Crippen LogP contribution in [0.15, 0.2) is 4.99 Å². The van der Waals surface area contributed by atoms with Crippen molar-refractivity contribution in [1.82, 2.24) is 20.4 Å². The fourth-order valence-electron chi connectivity index (χ4n) is 4.86. The number of hydrogen-bond acceptors (Lipinski definition) is 3. The highest BCUT2D eigenvalue weighted by Crippen LogP contribution is 2.37. The summed E-state index contributed by atoms with van der Waals surface area (Å²) < 4.78 is 0. The van der Waals surface area contributed by atoms with Crippen molar-refractivity contribution in [3.8, 4) is 0 Å². The van der Waals surface area contributed by atoms with Gasteiger partial charge in [-0.05, 0) is 46.7 Å². The number of nitrogens with one attached hydrogen (secondary N) is 2. The summed E-state index contributed by atoms with van der Waals surface area (Å²) in [4.78, 5) is 21.6. The van der Waals surface area contributed by atoms with Crippen LogP contribution in [0.25, 0.3) is 0 Å². The highest BCUT2D eigenvalue weighted by atomic mass is 127. The quantitative estimate of drug-likeness (QED) is 0.370. The van der Waals surface area contributed by atoms with Gasteiger partial charge in [0.2, 0.25) is 5.91 Å². The average molecular weight is 477 g/mol. The summed E-state index contributed by atoms with van der Waals surface area (Å²) in [5.41, 5.74) is 0.330. The van der Waals surface area contributed by atoms with Gasteiger partial charge in [0.25, 0.3) is 0 Å². The van der Waals surface area contributed by atoms with Crippen LogP contribution in [0.3, 0.4) is 0 Å². The number of amides is 1. The second kappa shape index (κ2) is 9.08. The fraction of sp³-hybridized carbons (Fsp3) is 0.895. The van der Waals surface area contributed by atoms with E-state index in [9.17, 15) is 4.79 Å². The van der Waals surface area contributed by atoms with E-state index >= 15 is 0 Å². The Labute approximate surface area is 175 Å². The lowest BCUT2D eigenvalue weighted by molar-refractivity contribution is -0.119. The number of hydrogen-bond donors (Lipinski definition) is 2. The molecule has 26 heavy (non-hydrogen) atoms. The van der Waals surface area contributed by atoms with E-state index in [1.54, 1.807) is 0 Å². The first-order chi connectivity index (χ1) is 12.0. The highest BCUT2D eigenvalue weighted by molar-refractivity contribution is 14.0. The molecule has 7 heteroatoms. The van der Waals surface area contributed by atoms with Crippen molar-refractivity contribution in [3.63, 3.8) is 0 Å². The molecule has 150 valence electrons. The third-order valence-electron chi connectivity index (χ3n) is 6.50. The maximum Gasteiger partial charge on any atom is 0.220 e. The smallest absolute Gasteiger partial charge is 0.220 e. The molecule has 1 unspecified atom stereocenters. The predicted molar refractivity (Wildman–Crippen MR) is 117 cm³/mol. The molecular formula is C19H36IN5O. The first kappa shape index (κ1) is 21.7. The molecule has 0 radical (unpaired) electrons. The Hall–Kier alpha value is -0.570. The number of piperidine rings is 1. The molecule has 2 N–H and O–H groups in total. The lowest BCUT2D eigenvalue weighted by Crippen LogP contribution is -2.52. The van der Waals surface area contributed by atoms with Gasteiger partial charge >= 0.3 is 0 Å². The van der Waals surface area contributed by atoms with Gasteiger partial charge in [0.1, 0.15) is 0 Å². The van der Waals surface area contributed by atoms with Gasteiger partial charge in [0.15, 0.2) is 5.96 Å². The second-order valence-corrected chi connectivity index (χ2v) is 8.47. The van der Waals surface area contributed by atoms with Gasteiger partial charge in [-0.1, -0.05) is 12.8 Å². The number of carbonyl (C=O) groups is 1. The summed E-state index contributed by atoms with van der Waals surface area (Å²) in [5, 5.41) is 6.54. The third-order valence-corrected chi connectivity index (χ3v) is 6.50.